The topological polar surface area (TPSA) is 24.9 Å². The molecule has 1 aliphatic carbocycles. The molecule has 0 unspecified atom stereocenters. The Balaban J connectivity index is 1.66. The van der Waals surface area contributed by atoms with E-state index in [1.165, 1.54) is 35.6 Å². The van der Waals surface area contributed by atoms with Gasteiger partial charge in [0, 0.05) is 24.3 Å². The monoisotopic (exact) mass is 226 g/mol. The van der Waals surface area contributed by atoms with E-state index < -0.39 is 0 Å². The number of hydrogen-bond donors (Lipinski definition) is 1. The molecule has 0 atom stereocenters. The molecule has 1 aliphatic rings. The van der Waals surface area contributed by atoms with E-state index in [0.29, 0.717) is 0 Å². The minimum Gasteiger partial charge on any atom is -0.313 e. The maximum absolute atomic E-state index is 4.16. The van der Waals surface area contributed by atoms with Crippen molar-refractivity contribution in [2.45, 2.75) is 25.8 Å². The molecule has 88 valence electrons. The first-order valence-electron chi connectivity index (χ1n) is 6.46. The summed E-state index contributed by atoms with van der Waals surface area (Å²) < 4.78 is 0. The highest BCUT2D eigenvalue weighted by Gasteiger charge is 2.19. The molecule has 0 aliphatic heterocycles. The fourth-order valence-corrected chi connectivity index (χ4v) is 2.28. The Labute approximate surface area is 102 Å². The third-order valence-corrected chi connectivity index (χ3v) is 3.51. The zero-order chi connectivity index (χ0) is 11.5. The van der Waals surface area contributed by atoms with E-state index in [1.807, 2.05) is 12.4 Å². The van der Waals surface area contributed by atoms with Crippen LogP contribution in [0, 0.1) is 5.92 Å². The predicted molar refractivity (Wildman–Crippen MR) is 70.8 cm³/mol. The highest BCUT2D eigenvalue weighted by Crippen LogP contribution is 2.31. The smallest absolute Gasteiger partial charge is 0.0346 e. The zero-order valence-corrected chi connectivity index (χ0v) is 10.0. The van der Waals surface area contributed by atoms with Gasteiger partial charge in [-0.15, -0.1) is 0 Å². The number of aromatic nitrogens is 1. The second-order valence-corrected chi connectivity index (χ2v) is 4.92. The molecule has 1 aromatic carbocycles. The molecular formula is C15H18N2. The van der Waals surface area contributed by atoms with Gasteiger partial charge >= 0.3 is 0 Å². The lowest BCUT2D eigenvalue weighted by Gasteiger charge is -2.07. The van der Waals surface area contributed by atoms with Gasteiger partial charge in [-0.1, -0.05) is 31.0 Å². The summed E-state index contributed by atoms with van der Waals surface area (Å²) in [6.07, 6.45) is 8.04. The molecule has 2 aromatic rings. The molecule has 0 spiro atoms. The van der Waals surface area contributed by atoms with Crippen molar-refractivity contribution in [2.75, 3.05) is 6.54 Å². The van der Waals surface area contributed by atoms with Crippen LogP contribution in [-0.2, 0) is 6.54 Å². The number of fused-ring (bicyclic) bond motifs is 1. The Kier molecular flexibility index (Phi) is 3.06. The summed E-state index contributed by atoms with van der Waals surface area (Å²) in [7, 11) is 0. The lowest BCUT2D eigenvalue weighted by molar-refractivity contribution is 0.614. The van der Waals surface area contributed by atoms with Crippen molar-refractivity contribution in [3.8, 4) is 0 Å². The highest BCUT2D eigenvalue weighted by atomic mass is 14.8. The summed E-state index contributed by atoms with van der Waals surface area (Å²) in [6, 6.07) is 8.54. The largest absolute Gasteiger partial charge is 0.313 e. The minimum absolute atomic E-state index is 0.966. The van der Waals surface area contributed by atoms with Crippen molar-refractivity contribution in [2.24, 2.45) is 5.92 Å². The van der Waals surface area contributed by atoms with Gasteiger partial charge in [0.25, 0.3) is 0 Å². The maximum Gasteiger partial charge on any atom is 0.0346 e. The van der Waals surface area contributed by atoms with Crippen LogP contribution in [0.15, 0.2) is 36.7 Å². The zero-order valence-electron chi connectivity index (χ0n) is 10.0. The standard InChI is InChI=1S/C15H18N2/c1-2-13(10-16-8-6-12-4-5-12)15-7-9-17-11-14(15)3-1/h1-3,7,9,11-12,16H,4-6,8,10H2. The Morgan fingerprint density at radius 1 is 1.24 bits per heavy atom. The summed E-state index contributed by atoms with van der Waals surface area (Å²) >= 11 is 0. The van der Waals surface area contributed by atoms with Crippen LogP contribution in [0.25, 0.3) is 10.8 Å². The molecule has 3 rings (SSSR count). The molecule has 1 saturated carbocycles. The first-order valence-corrected chi connectivity index (χ1v) is 6.46. The molecule has 1 N–H and O–H groups in total. The normalized spacial score (nSPS) is 15.3. The van der Waals surface area contributed by atoms with Crippen LogP contribution in [0.4, 0.5) is 0 Å². The van der Waals surface area contributed by atoms with E-state index in [9.17, 15) is 0 Å². The van der Waals surface area contributed by atoms with E-state index in [1.54, 1.807) is 0 Å². The van der Waals surface area contributed by atoms with Gasteiger partial charge in [-0.25, -0.2) is 0 Å². The predicted octanol–water partition coefficient (Wildman–Crippen LogP) is 3.12. The maximum atomic E-state index is 4.16. The minimum atomic E-state index is 0.966. The van der Waals surface area contributed by atoms with Crippen molar-refractivity contribution in [1.29, 1.82) is 0 Å². The lowest BCUT2D eigenvalue weighted by atomic mass is 10.1. The number of pyridine rings is 1. The number of nitrogens with one attached hydrogen (secondary N) is 1. The van der Waals surface area contributed by atoms with Crippen molar-refractivity contribution in [3.05, 3.63) is 42.2 Å². The summed E-state index contributed by atoms with van der Waals surface area (Å²) in [6.45, 7) is 2.11. The summed E-state index contributed by atoms with van der Waals surface area (Å²) in [5, 5.41) is 6.10. The van der Waals surface area contributed by atoms with E-state index in [4.69, 9.17) is 0 Å². The van der Waals surface area contributed by atoms with Gasteiger partial charge in [0.05, 0.1) is 0 Å². The van der Waals surface area contributed by atoms with Gasteiger partial charge in [0.2, 0.25) is 0 Å². The number of nitrogens with zero attached hydrogens (tertiary/aromatic N) is 1. The second-order valence-electron chi connectivity index (χ2n) is 4.92. The van der Waals surface area contributed by atoms with Gasteiger partial charge in [0.1, 0.15) is 0 Å². The Morgan fingerprint density at radius 2 is 2.18 bits per heavy atom. The van der Waals surface area contributed by atoms with Gasteiger partial charge in [-0.3, -0.25) is 4.98 Å². The number of hydrogen-bond acceptors (Lipinski definition) is 2. The average molecular weight is 226 g/mol. The van der Waals surface area contributed by atoms with Gasteiger partial charge in [-0.05, 0) is 35.9 Å². The SMILES string of the molecule is c1cc(CNCCC2CC2)c2ccncc2c1. The fourth-order valence-electron chi connectivity index (χ4n) is 2.28. The quantitative estimate of drug-likeness (QED) is 0.792. The van der Waals surface area contributed by atoms with Crippen LogP contribution in [0.5, 0.6) is 0 Å². The molecule has 0 amide bonds. The van der Waals surface area contributed by atoms with E-state index in [2.05, 4.69) is 34.6 Å². The molecule has 0 radical (unpaired) electrons. The van der Waals surface area contributed by atoms with Crippen molar-refractivity contribution < 1.29 is 0 Å². The Bertz CT molecular complexity index is 498. The summed E-state index contributed by atoms with van der Waals surface area (Å²) in [4.78, 5) is 4.16. The Morgan fingerprint density at radius 3 is 3.06 bits per heavy atom. The van der Waals surface area contributed by atoms with Gasteiger partial charge in [0.15, 0.2) is 0 Å². The van der Waals surface area contributed by atoms with Crippen LogP contribution in [0.3, 0.4) is 0 Å². The summed E-state index contributed by atoms with van der Waals surface area (Å²) in [5.74, 6) is 1.01. The van der Waals surface area contributed by atoms with Gasteiger partial charge < -0.3 is 5.32 Å². The number of benzene rings is 1. The molecule has 1 fully saturated rings. The molecule has 1 heterocycles. The molecule has 2 nitrogen and oxygen atoms in total. The second kappa shape index (κ2) is 4.84. The van der Waals surface area contributed by atoms with Crippen molar-refractivity contribution in [1.82, 2.24) is 10.3 Å². The third kappa shape index (κ3) is 2.64. The first kappa shape index (κ1) is 10.7. The third-order valence-electron chi connectivity index (χ3n) is 3.51. The van der Waals surface area contributed by atoms with E-state index >= 15 is 0 Å². The first-order chi connectivity index (χ1) is 8.43. The molecule has 0 bridgehead atoms. The fraction of sp³-hybridized carbons (Fsp3) is 0.400. The molecule has 0 saturated heterocycles. The van der Waals surface area contributed by atoms with Crippen LogP contribution < -0.4 is 5.32 Å². The molecule has 2 heteroatoms. The van der Waals surface area contributed by atoms with Crippen molar-refractivity contribution >= 4 is 10.8 Å². The van der Waals surface area contributed by atoms with Crippen LogP contribution in [-0.4, -0.2) is 11.5 Å². The van der Waals surface area contributed by atoms with Crippen molar-refractivity contribution in [3.63, 3.8) is 0 Å². The lowest BCUT2D eigenvalue weighted by Crippen LogP contribution is -2.15. The van der Waals surface area contributed by atoms with Crippen LogP contribution in [0.2, 0.25) is 0 Å². The van der Waals surface area contributed by atoms with E-state index in [-0.39, 0.29) is 0 Å². The molecule has 17 heavy (non-hydrogen) atoms. The Hall–Kier alpha value is -1.41. The van der Waals surface area contributed by atoms with Crippen LogP contribution >= 0.6 is 0 Å². The van der Waals surface area contributed by atoms with E-state index in [0.717, 1.165) is 19.0 Å². The average Bonchev–Trinajstić information content (AvgIpc) is 3.19. The van der Waals surface area contributed by atoms with Crippen LogP contribution in [0.1, 0.15) is 24.8 Å². The highest BCUT2D eigenvalue weighted by molar-refractivity contribution is 5.84. The number of rotatable bonds is 5. The van der Waals surface area contributed by atoms with Gasteiger partial charge in [-0.2, -0.15) is 0 Å². The molecular weight excluding hydrogens is 208 g/mol. The summed E-state index contributed by atoms with van der Waals surface area (Å²) in [5.41, 5.74) is 1.38. The molecule has 1 aromatic heterocycles.